The number of amides is 2. The fourth-order valence-electron chi connectivity index (χ4n) is 2.57. The molecule has 0 bridgehead atoms. The standard InChI is InChI=1S/C17H20Cl2N2O2/c1-2-20-17(23)13-7-9-21(10-8-13)16(22)6-4-12-3-5-14(18)15(19)11-12/h3-6,11,13H,2,7-10H2,1H3,(H,20,23)/b6-4+. The molecule has 1 aromatic carbocycles. The first-order valence-electron chi connectivity index (χ1n) is 7.71. The molecule has 6 heteroatoms. The maximum Gasteiger partial charge on any atom is 0.246 e. The van der Waals surface area contributed by atoms with Gasteiger partial charge in [0.05, 0.1) is 10.0 Å². The van der Waals surface area contributed by atoms with Crippen LogP contribution in [0.15, 0.2) is 24.3 Å². The normalized spacial score (nSPS) is 15.9. The van der Waals surface area contributed by atoms with Gasteiger partial charge >= 0.3 is 0 Å². The second-order valence-corrected chi connectivity index (χ2v) is 6.32. The summed E-state index contributed by atoms with van der Waals surface area (Å²) in [7, 11) is 0. The van der Waals surface area contributed by atoms with Crippen molar-refractivity contribution < 1.29 is 9.59 Å². The highest BCUT2D eigenvalue weighted by Gasteiger charge is 2.25. The van der Waals surface area contributed by atoms with Crippen molar-refractivity contribution in [2.75, 3.05) is 19.6 Å². The topological polar surface area (TPSA) is 49.4 Å². The Morgan fingerprint density at radius 2 is 1.96 bits per heavy atom. The Kier molecular flexibility index (Phi) is 6.48. The Bertz CT molecular complexity index is 609. The Morgan fingerprint density at radius 1 is 1.26 bits per heavy atom. The van der Waals surface area contributed by atoms with Crippen LogP contribution in [0.2, 0.25) is 10.0 Å². The number of likely N-dealkylation sites (tertiary alicyclic amines) is 1. The predicted molar refractivity (Wildman–Crippen MR) is 93.5 cm³/mol. The number of piperidine rings is 1. The molecule has 0 aliphatic carbocycles. The Labute approximate surface area is 146 Å². The van der Waals surface area contributed by atoms with E-state index in [1.165, 1.54) is 6.08 Å². The van der Waals surface area contributed by atoms with E-state index in [-0.39, 0.29) is 17.7 Å². The predicted octanol–water partition coefficient (Wildman–Crippen LogP) is 3.38. The van der Waals surface area contributed by atoms with Gasteiger partial charge in [0.25, 0.3) is 0 Å². The highest BCUT2D eigenvalue weighted by molar-refractivity contribution is 6.42. The van der Waals surface area contributed by atoms with E-state index < -0.39 is 0 Å². The zero-order valence-electron chi connectivity index (χ0n) is 13.0. The first-order valence-corrected chi connectivity index (χ1v) is 8.46. The molecule has 0 saturated carbocycles. The zero-order chi connectivity index (χ0) is 16.8. The summed E-state index contributed by atoms with van der Waals surface area (Å²) >= 11 is 11.8. The maximum absolute atomic E-state index is 12.2. The lowest BCUT2D eigenvalue weighted by Crippen LogP contribution is -2.42. The lowest BCUT2D eigenvalue weighted by Gasteiger charge is -2.30. The molecule has 0 radical (unpaired) electrons. The van der Waals surface area contributed by atoms with Gasteiger partial charge < -0.3 is 10.2 Å². The number of hydrogen-bond donors (Lipinski definition) is 1. The van der Waals surface area contributed by atoms with Crippen molar-refractivity contribution >= 4 is 41.1 Å². The number of hydrogen-bond acceptors (Lipinski definition) is 2. The van der Waals surface area contributed by atoms with Crippen LogP contribution in [0, 0.1) is 5.92 Å². The van der Waals surface area contributed by atoms with Crippen LogP contribution in [0.25, 0.3) is 6.08 Å². The van der Waals surface area contributed by atoms with Gasteiger partial charge in [0.15, 0.2) is 0 Å². The fourth-order valence-corrected chi connectivity index (χ4v) is 2.88. The highest BCUT2D eigenvalue weighted by Crippen LogP contribution is 2.23. The van der Waals surface area contributed by atoms with Crippen LogP contribution in [0.3, 0.4) is 0 Å². The van der Waals surface area contributed by atoms with Crippen LogP contribution < -0.4 is 5.32 Å². The second kappa shape index (κ2) is 8.37. The van der Waals surface area contributed by atoms with Crippen LogP contribution >= 0.6 is 23.2 Å². The van der Waals surface area contributed by atoms with Crippen LogP contribution in [-0.4, -0.2) is 36.3 Å². The van der Waals surface area contributed by atoms with Gasteiger partial charge in [0.1, 0.15) is 0 Å². The molecule has 0 atom stereocenters. The molecule has 4 nitrogen and oxygen atoms in total. The lowest BCUT2D eigenvalue weighted by atomic mass is 9.96. The SMILES string of the molecule is CCNC(=O)C1CCN(C(=O)/C=C/c2ccc(Cl)c(Cl)c2)CC1. The monoisotopic (exact) mass is 354 g/mol. The van der Waals surface area contributed by atoms with E-state index in [9.17, 15) is 9.59 Å². The van der Waals surface area contributed by atoms with Gasteiger partial charge in [-0.2, -0.15) is 0 Å². The summed E-state index contributed by atoms with van der Waals surface area (Å²) in [6.45, 7) is 3.76. The van der Waals surface area contributed by atoms with Gasteiger partial charge in [0, 0.05) is 31.6 Å². The van der Waals surface area contributed by atoms with Gasteiger partial charge in [-0.15, -0.1) is 0 Å². The van der Waals surface area contributed by atoms with E-state index in [2.05, 4.69) is 5.32 Å². The molecule has 0 aromatic heterocycles. The van der Waals surface area contributed by atoms with Crippen molar-refractivity contribution in [2.45, 2.75) is 19.8 Å². The van der Waals surface area contributed by atoms with E-state index >= 15 is 0 Å². The smallest absolute Gasteiger partial charge is 0.246 e. The van der Waals surface area contributed by atoms with E-state index in [0.717, 1.165) is 5.56 Å². The van der Waals surface area contributed by atoms with Crippen LogP contribution in [-0.2, 0) is 9.59 Å². The summed E-state index contributed by atoms with van der Waals surface area (Å²) in [4.78, 5) is 25.8. The molecular formula is C17H20Cl2N2O2. The maximum atomic E-state index is 12.2. The second-order valence-electron chi connectivity index (χ2n) is 5.50. The van der Waals surface area contributed by atoms with Crippen LogP contribution in [0.4, 0.5) is 0 Å². The number of rotatable bonds is 4. The minimum absolute atomic E-state index is 0.0121. The van der Waals surface area contributed by atoms with Crippen LogP contribution in [0.1, 0.15) is 25.3 Å². The van der Waals surface area contributed by atoms with Gasteiger partial charge in [-0.25, -0.2) is 0 Å². The molecule has 1 heterocycles. The van der Waals surface area contributed by atoms with E-state index in [1.54, 1.807) is 29.2 Å². The zero-order valence-corrected chi connectivity index (χ0v) is 14.5. The quantitative estimate of drug-likeness (QED) is 0.842. The molecule has 1 saturated heterocycles. The van der Waals surface area contributed by atoms with Crippen molar-refractivity contribution in [1.29, 1.82) is 0 Å². The number of benzene rings is 1. The molecule has 0 spiro atoms. The molecule has 1 N–H and O–H groups in total. The van der Waals surface area contributed by atoms with Crippen molar-refractivity contribution in [3.63, 3.8) is 0 Å². The van der Waals surface area contributed by atoms with Gasteiger partial charge in [-0.05, 0) is 43.5 Å². The summed E-state index contributed by atoms with van der Waals surface area (Å²) < 4.78 is 0. The fraction of sp³-hybridized carbons (Fsp3) is 0.412. The molecule has 2 amide bonds. The number of carbonyl (C=O) groups is 2. The first-order chi connectivity index (χ1) is 11.0. The third-order valence-corrected chi connectivity index (χ3v) is 4.63. The van der Waals surface area contributed by atoms with Crippen molar-refractivity contribution in [2.24, 2.45) is 5.92 Å². The first kappa shape index (κ1) is 17.8. The minimum atomic E-state index is -0.0505. The average molecular weight is 355 g/mol. The van der Waals surface area contributed by atoms with Gasteiger partial charge in [-0.1, -0.05) is 29.3 Å². The van der Waals surface area contributed by atoms with E-state index in [0.29, 0.717) is 42.5 Å². The van der Waals surface area contributed by atoms with Crippen molar-refractivity contribution in [3.05, 3.63) is 39.9 Å². The summed E-state index contributed by atoms with van der Waals surface area (Å²) in [5.74, 6) is 0.0504. The minimum Gasteiger partial charge on any atom is -0.356 e. The summed E-state index contributed by atoms with van der Waals surface area (Å²) in [5, 5.41) is 3.79. The molecule has 1 aliphatic rings. The summed E-state index contributed by atoms with van der Waals surface area (Å²) in [6.07, 6.45) is 4.67. The number of nitrogens with one attached hydrogen (secondary N) is 1. The Morgan fingerprint density at radius 3 is 2.57 bits per heavy atom. The molecule has 2 rings (SSSR count). The number of carbonyl (C=O) groups excluding carboxylic acids is 2. The molecule has 23 heavy (non-hydrogen) atoms. The Hall–Kier alpha value is -1.52. The third kappa shape index (κ3) is 4.98. The molecule has 1 aromatic rings. The van der Waals surface area contributed by atoms with Crippen molar-refractivity contribution in [1.82, 2.24) is 10.2 Å². The number of nitrogens with zero attached hydrogens (tertiary/aromatic N) is 1. The molecule has 124 valence electrons. The lowest BCUT2D eigenvalue weighted by molar-refractivity contribution is -0.132. The summed E-state index contributed by atoms with van der Waals surface area (Å²) in [5.41, 5.74) is 0.824. The van der Waals surface area contributed by atoms with Gasteiger partial charge in [0.2, 0.25) is 11.8 Å². The molecule has 1 aliphatic heterocycles. The average Bonchev–Trinajstić information content (AvgIpc) is 2.56. The van der Waals surface area contributed by atoms with E-state index in [4.69, 9.17) is 23.2 Å². The largest absolute Gasteiger partial charge is 0.356 e. The van der Waals surface area contributed by atoms with Gasteiger partial charge in [-0.3, -0.25) is 9.59 Å². The highest BCUT2D eigenvalue weighted by atomic mass is 35.5. The van der Waals surface area contributed by atoms with Crippen LogP contribution in [0.5, 0.6) is 0 Å². The molecule has 0 unspecified atom stereocenters. The molecular weight excluding hydrogens is 335 g/mol. The molecule has 1 fully saturated rings. The van der Waals surface area contributed by atoms with E-state index in [1.807, 2.05) is 6.92 Å². The number of halogens is 2. The van der Waals surface area contributed by atoms with Crippen molar-refractivity contribution in [3.8, 4) is 0 Å². The summed E-state index contributed by atoms with van der Waals surface area (Å²) in [6, 6.07) is 5.22. The third-order valence-electron chi connectivity index (χ3n) is 3.89. The Balaban J connectivity index is 1.88.